The number of H-pyrrole nitrogens is 1. The number of rotatable bonds is 7. The molecule has 8 heteroatoms. The van der Waals surface area contributed by atoms with Crippen LogP contribution in [0.25, 0.3) is 10.9 Å². The van der Waals surface area contributed by atoms with Gasteiger partial charge in [0.25, 0.3) is 5.56 Å². The van der Waals surface area contributed by atoms with Crippen LogP contribution in [0.3, 0.4) is 0 Å². The highest BCUT2D eigenvalue weighted by Gasteiger charge is 2.26. The molecule has 1 heterocycles. The highest BCUT2D eigenvalue weighted by atomic mass is 35.5. The average molecular weight is 497 g/mol. The molecule has 4 rings (SSSR count). The number of aromatic amines is 1. The summed E-state index contributed by atoms with van der Waals surface area (Å²) in [6.45, 7) is 3.93. The summed E-state index contributed by atoms with van der Waals surface area (Å²) in [6, 6.07) is 18.9. The topological polar surface area (TPSA) is 79.5 Å². The van der Waals surface area contributed by atoms with E-state index >= 15 is 0 Å². The van der Waals surface area contributed by atoms with Gasteiger partial charge in [-0.3, -0.25) is 4.79 Å². The van der Waals surface area contributed by atoms with E-state index in [1.807, 2.05) is 26.0 Å². The molecular formula is C26H25ClN2O4S. The third kappa shape index (κ3) is 5.01. The van der Waals surface area contributed by atoms with Crippen molar-refractivity contribution in [2.45, 2.75) is 31.8 Å². The number of methoxy groups -OCH3 is 1. The zero-order valence-electron chi connectivity index (χ0n) is 19.1. The molecule has 0 bridgehead atoms. The summed E-state index contributed by atoms with van der Waals surface area (Å²) in [6.07, 6.45) is 0. The molecule has 0 fully saturated rings. The monoisotopic (exact) mass is 496 g/mol. The van der Waals surface area contributed by atoms with Crippen LogP contribution in [0.1, 0.15) is 22.3 Å². The van der Waals surface area contributed by atoms with Gasteiger partial charge in [-0.1, -0.05) is 29.8 Å². The molecule has 34 heavy (non-hydrogen) atoms. The standard InChI is InChI=1S/C26H25ClN2O4S/c1-17-12-18(2)24-14-20(26(30)28-25(24)13-17)16-29(15-19-4-8-22(33-3)9-5-19)34(31,32)23-10-6-21(27)7-11-23/h4-14H,15-16H2,1-3H3,(H,28,30). The number of pyridine rings is 1. The second-order valence-corrected chi connectivity index (χ2v) is 10.6. The van der Waals surface area contributed by atoms with Crippen molar-refractivity contribution in [1.82, 2.24) is 9.29 Å². The van der Waals surface area contributed by atoms with E-state index in [0.717, 1.165) is 27.6 Å². The molecule has 1 N–H and O–H groups in total. The second kappa shape index (κ2) is 9.62. The maximum atomic E-state index is 13.6. The summed E-state index contributed by atoms with van der Waals surface area (Å²) in [4.78, 5) is 15.9. The third-order valence-electron chi connectivity index (χ3n) is 5.71. The van der Waals surface area contributed by atoms with Gasteiger partial charge in [0.1, 0.15) is 5.75 Å². The fourth-order valence-electron chi connectivity index (χ4n) is 3.94. The fourth-order valence-corrected chi connectivity index (χ4v) is 5.47. The van der Waals surface area contributed by atoms with Crippen LogP contribution in [0.2, 0.25) is 5.02 Å². The summed E-state index contributed by atoms with van der Waals surface area (Å²) in [7, 11) is -2.35. The van der Waals surface area contributed by atoms with E-state index in [-0.39, 0.29) is 23.5 Å². The molecule has 0 aliphatic rings. The highest BCUT2D eigenvalue weighted by molar-refractivity contribution is 7.89. The van der Waals surface area contributed by atoms with Crippen LogP contribution in [0, 0.1) is 13.8 Å². The normalized spacial score (nSPS) is 11.8. The number of halogens is 1. The molecule has 176 valence electrons. The zero-order chi connectivity index (χ0) is 24.5. The Morgan fingerprint density at radius 3 is 2.26 bits per heavy atom. The first-order valence-electron chi connectivity index (χ1n) is 10.7. The van der Waals surface area contributed by atoms with Gasteiger partial charge in [0.05, 0.1) is 12.0 Å². The molecule has 1 aromatic heterocycles. The second-order valence-electron chi connectivity index (χ2n) is 8.24. The Morgan fingerprint density at radius 2 is 1.62 bits per heavy atom. The lowest BCUT2D eigenvalue weighted by Gasteiger charge is -2.23. The SMILES string of the molecule is COc1ccc(CN(Cc2cc3c(C)cc(C)cc3[nH]c2=O)S(=O)(=O)c2ccc(Cl)cc2)cc1. The minimum Gasteiger partial charge on any atom is -0.497 e. The van der Waals surface area contributed by atoms with Crippen molar-refractivity contribution in [2.75, 3.05) is 7.11 Å². The number of aromatic nitrogens is 1. The Kier molecular flexibility index (Phi) is 6.79. The van der Waals surface area contributed by atoms with Gasteiger partial charge in [0.15, 0.2) is 0 Å². The van der Waals surface area contributed by atoms with Crippen LogP contribution in [-0.2, 0) is 23.1 Å². The highest BCUT2D eigenvalue weighted by Crippen LogP contribution is 2.25. The number of sulfonamides is 1. The van der Waals surface area contributed by atoms with E-state index in [4.69, 9.17) is 16.3 Å². The van der Waals surface area contributed by atoms with E-state index < -0.39 is 10.0 Å². The van der Waals surface area contributed by atoms with Crippen molar-refractivity contribution >= 4 is 32.5 Å². The van der Waals surface area contributed by atoms with E-state index in [1.54, 1.807) is 37.4 Å². The maximum Gasteiger partial charge on any atom is 0.252 e. The van der Waals surface area contributed by atoms with Gasteiger partial charge < -0.3 is 9.72 Å². The summed E-state index contributed by atoms with van der Waals surface area (Å²) < 4.78 is 33.7. The molecule has 0 radical (unpaired) electrons. The summed E-state index contributed by atoms with van der Waals surface area (Å²) >= 11 is 5.97. The lowest BCUT2D eigenvalue weighted by Crippen LogP contribution is -2.32. The molecule has 0 saturated carbocycles. The number of ether oxygens (including phenoxy) is 1. The van der Waals surface area contributed by atoms with E-state index in [0.29, 0.717) is 16.3 Å². The van der Waals surface area contributed by atoms with Crippen LogP contribution in [0.15, 0.2) is 76.4 Å². The number of aryl methyl sites for hydroxylation is 2. The number of hydrogen-bond acceptors (Lipinski definition) is 4. The molecule has 0 spiro atoms. The van der Waals surface area contributed by atoms with E-state index in [1.165, 1.54) is 28.6 Å². The van der Waals surface area contributed by atoms with Gasteiger partial charge in [-0.25, -0.2) is 8.42 Å². The van der Waals surface area contributed by atoms with Gasteiger partial charge >= 0.3 is 0 Å². The summed E-state index contributed by atoms with van der Waals surface area (Å²) in [5.74, 6) is 0.674. The van der Waals surface area contributed by atoms with Crippen molar-refractivity contribution in [3.63, 3.8) is 0 Å². The van der Waals surface area contributed by atoms with E-state index in [9.17, 15) is 13.2 Å². The Balaban J connectivity index is 1.78. The Morgan fingerprint density at radius 1 is 0.941 bits per heavy atom. The molecular weight excluding hydrogens is 472 g/mol. The quantitative estimate of drug-likeness (QED) is 0.381. The van der Waals surface area contributed by atoms with Gasteiger partial charge in [-0.15, -0.1) is 0 Å². The minimum absolute atomic E-state index is 0.0826. The lowest BCUT2D eigenvalue weighted by atomic mass is 10.0. The van der Waals surface area contributed by atoms with Gasteiger partial charge in [0, 0.05) is 34.6 Å². The van der Waals surface area contributed by atoms with Crippen LogP contribution < -0.4 is 10.3 Å². The predicted octanol–water partition coefficient (Wildman–Crippen LogP) is 5.20. The smallest absolute Gasteiger partial charge is 0.252 e. The van der Waals surface area contributed by atoms with Crippen molar-refractivity contribution in [2.24, 2.45) is 0 Å². The molecule has 3 aromatic carbocycles. The predicted molar refractivity (Wildman–Crippen MR) is 135 cm³/mol. The molecule has 0 saturated heterocycles. The number of benzene rings is 3. The van der Waals surface area contributed by atoms with Gasteiger partial charge in [0.2, 0.25) is 10.0 Å². The largest absolute Gasteiger partial charge is 0.497 e. The summed E-state index contributed by atoms with van der Waals surface area (Å²) in [5, 5.41) is 1.32. The molecule has 0 aliphatic carbocycles. The first kappa shape index (κ1) is 24.0. The van der Waals surface area contributed by atoms with Crippen molar-refractivity contribution in [1.29, 1.82) is 0 Å². The molecule has 4 aromatic rings. The Bertz CT molecular complexity index is 1500. The number of fused-ring (bicyclic) bond motifs is 1. The molecule has 6 nitrogen and oxygen atoms in total. The molecule has 0 aliphatic heterocycles. The Labute approximate surface area is 203 Å². The number of nitrogens with zero attached hydrogens (tertiary/aromatic N) is 1. The first-order valence-corrected chi connectivity index (χ1v) is 12.5. The third-order valence-corrected chi connectivity index (χ3v) is 7.76. The zero-order valence-corrected chi connectivity index (χ0v) is 20.7. The van der Waals surface area contributed by atoms with Crippen LogP contribution in [-0.4, -0.2) is 24.8 Å². The average Bonchev–Trinajstić information content (AvgIpc) is 2.80. The molecule has 0 amide bonds. The van der Waals surface area contributed by atoms with Crippen LogP contribution in [0.4, 0.5) is 0 Å². The van der Waals surface area contributed by atoms with Gasteiger partial charge in [-0.05, 0) is 79.1 Å². The Hall–Kier alpha value is -3.13. The fraction of sp³-hybridized carbons (Fsp3) is 0.192. The first-order chi connectivity index (χ1) is 16.2. The van der Waals surface area contributed by atoms with Crippen molar-refractivity contribution < 1.29 is 13.2 Å². The van der Waals surface area contributed by atoms with Crippen LogP contribution >= 0.6 is 11.6 Å². The lowest BCUT2D eigenvalue weighted by molar-refractivity contribution is 0.398. The van der Waals surface area contributed by atoms with E-state index in [2.05, 4.69) is 4.98 Å². The maximum absolute atomic E-state index is 13.6. The molecule has 0 atom stereocenters. The number of nitrogens with one attached hydrogen (secondary N) is 1. The van der Waals surface area contributed by atoms with Crippen molar-refractivity contribution in [3.05, 3.63) is 104 Å². The van der Waals surface area contributed by atoms with Crippen LogP contribution in [0.5, 0.6) is 5.75 Å². The molecule has 0 unspecified atom stereocenters. The van der Waals surface area contributed by atoms with Crippen molar-refractivity contribution in [3.8, 4) is 5.75 Å². The number of hydrogen-bond donors (Lipinski definition) is 1. The minimum atomic E-state index is -3.93. The van der Waals surface area contributed by atoms with Gasteiger partial charge in [-0.2, -0.15) is 4.31 Å². The summed E-state index contributed by atoms with van der Waals surface area (Å²) in [5.41, 5.74) is 3.60.